The Bertz CT molecular complexity index is 426. The predicted octanol–water partition coefficient (Wildman–Crippen LogP) is 2.19. The number of aryl methyl sites for hydroxylation is 1. The largest absolute Gasteiger partial charge is 0.495 e. The van der Waals surface area contributed by atoms with Gasteiger partial charge in [0.2, 0.25) is 0 Å². The van der Waals surface area contributed by atoms with Gasteiger partial charge in [-0.25, -0.2) is 8.42 Å². The summed E-state index contributed by atoms with van der Waals surface area (Å²) in [4.78, 5) is 0.0128. The van der Waals surface area contributed by atoms with Gasteiger partial charge in [0.25, 0.3) is 9.05 Å². The fourth-order valence-electron chi connectivity index (χ4n) is 1.13. The van der Waals surface area contributed by atoms with Crippen molar-refractivity contribution in [3.63, 3.8) is 0 Å². The lowest BCUT2D eigenvalue weighted by molar-refractivity contribution is 0.402. The Morgan fingerprint density at radius 3 is 2.50 bits per heavy atom. The summed E-state index contributed by atoms with van der Waals surface area (Å²) in [5, 5.41) is 0. The van der Waals surface area contributed by atoms with Crippen LogP contribution in [-0.4, -0.2) is 15.5 Å². The summed E-state index contributed by atoms with van der Waals surface area (Å²) in [6.45, 7) is 1.98. The molecular weight excluding hydrogens is 224 g/mol. The molecule has 0 aliphatic heterocycles. The third kappa shape index (κ3) is 2.39. The van der Waals surface area contributed by atoms with Gasteiger partial charge >= 0.3 is 0 Å². The third-order valence-electron chi connectivity index (χ3n) is 1.90. The van der Waals surface area contributed by atoms with E-state index >= 15 is 0 Å². The van der Waals surface area contributed by atoms with Crippen molar-refractivity contribution >= 4 is 19.7 Å². The first-order valence-electron chi connectivity index (χ1n) is 4.10. The van der Waals surface area contributed by atoms with Gasteiger partial charge in [0, 0.05) is 10.7 Å². The Kier molecular flexibility index (Phi) is 3.39. The maximum absolute atomic E-state index is 11.1. The molecule has 0 amide bonds. The van der Waals surface area contributed by atoms with E-state index in [0.29, 0.717) is 5.75 Å². The molecule has 0 saturated heterocycles. The van der Waals surface area contributed by atoms with Gasteiger partial charge in [-0.2, -0.15) is 0 Å². The number of hydrogen-bond acceptors (Lipinski definition) is 3. The van der Waals surface area contributed by atoms with E-state index in [9.17, 15) is 8.42 Å². The molecule has 1 rings (SSSR count). The van der Waals surface area contributed by atoms with E-state index in [0.717, 1.165) is 12.0 Å². The smallest absolute Gasteiger partial charge is 0.264 e. The number of benzene rings is 1. The first-order chi connectivity index (χ1) is 6.49. The monoisotopic (exact) mass is 234 g/mol. The quantitative estimate of drug-likeness (QED) is 0.753. The Morgan fingerprint density at radius 1 is 1.43 bits per heavy atom. The Labute approximate surface area is 88.1 Å². The minimum Gasteiger partial charge on any atom is -0.495 e. The summed E-state index contributed by atoms with van der Waals surface area (Å²) in [5.41, 5.74) is 1.01. The number of rotatable bonds is 3. The molecule has 0 N–H and O–H groups in total. The summed E-state index contributed by atoms with van der Waals surface area (Å²) < 4.78 is 27.1. The standard InChI is InChI=1S/C9H11ClO3S/c1-3-7-4-5-9(14(10,11)12)8(6-7)13-2/h4-6H,3H2,1-2H3. The second kappa shape index (κ2) is 4.19. The van der Waals surface area contributed by atoms with Gasteiger partial charge in [0.15, 0.2) is 0 Å². The van der Waals surface area contributed by atoms with Crippen molar-refractivity contribution in [2.45, 2.75) is 18.2 Å². The van der Waals surface area contributed by atoms with Gasteiger partial charge in [-0.1, -0.05) is 13.0 Å². The predicted molar refractivity (Wildman–Crippen MR) is 55.4 cm³/mol. The van der Waals surface area contributed by atoms with E-state index in [-0.39, 0.29) is 4.90 Å². The second-order valence-corrected chi connectivity index (χ2v) is 5.31. The van der Waals surface area contributed by atoms with Crippen LogP contribution >= 0.6 is 10.7 Å². The number of ether oxygens (including phenoxy) is 1. The molecule has 0 aliphatic rings. The lowest BCUT2D eigenvalue weighted by Gasteiger charge is -2.06. The van der Waals surface area contributed by atoms with Crippen molar-refractivity contribution in [3.8, 4) is 5.75 Å². The Balaban J connectivity index is 3.33. The van der Waals surface area contributed by atoms with E-state index in [1.807, 2.05) is 6.92 Å². The van der Waals surface area contributed by atoms with Crippen LogP contribution in [0.3, 0.4) is 0 Å². The topological polar surface area (TPSA) is 43.4 Å². The average Bonchev–Trinajstić information content (AvgIpc) is 2.15. The maximum atomic E-state index is 11.1. The van der Waals surface area contributed by atoms with Gasteiger partial charge in [-0.05, 0) is 24.1 Å². The fourth-order valence-corrected chi connectivity index (χ4v) is 2.13. The Morgan fingerprint density at radius 2 is 2.07 bits per heavy atom. The molecule has 0 unspecified atom stereocenters. The van der Waals surface area contributed by atoms with E-state index < -0.39 is 9.05 Å². The average molecular weight is 235 g/mol. The number of halogens is 1. The van der Waals surface area contributed by atoms with Crippen LogP contribution in [0, 0.1) is 0 Å². The minimum atomic E-state index is -3.72. The van der Waals surface area contributed by atoms with Crippen LogP contribution in [-0.2, 0) is 15.5 Å². The summed E-state index contributed by atoms with van der Waals surface area (Å²) in [7, 11) is 2.92. The van der Waals surface area contributed by atoms with E-state index in [1.165, 1.54) is 13.2 Å². The zero-order valence-corrected chi connectivity index (χ0v) is 9.52. The third-order valence-corrected chi connectivity index (χ3v) is 3.26. The van der Waals surface area contributed by atoms with Crippen molar-refractivity contribution in [1.29, 1.82) is 0 Å². The minimum absolute atomic E-state index is 0.0128. The number of methoxy groups -OCH3 is 1. The fraction of sp³-hybridized carbons (Fsp3) is 0.333. The van der Waals surface area contributed by atoms with Gasteiger partial charge < -0.3 is 4.74 Å². The highest BCUT2D eigenvalue weighted by atomic mass is 35.7. The summed E-state index contributed by atoms with van der Waals surface area (Å²) >= 11 is 0. The molecule has 1 aromatic carbocycles. The van der Waals surface area contributed by atoms with Crippen LogP contribution in [0.5, 0.6) is 5.75 Å². The second-order valence-electron chi connectivity index (χ2n) is 2.78. The van der Waals surface area contributed by atoms with Crippen molar-refractivity contribution < 1.29 is 13.2 Å². The molecule has 5 heteroatoms. The zero-order valence-electron chi connectivity index (χ0n) is 7.95. The van der Waals surface area contributed by atoms with Gasteiger partial charge in [-0.15, -0.1) is 0 Å². The molecule has 1 aromatic rings. The molecule has 78 valence electrons. The molecule has 0 aromatic heterocycles. The van der Waals surface area contributed by atoms with E-state index in [2.05, 4.69) is 0 Å². The molecule has 0 saturated carbocycles. The van der Waals surface area contributed by atoms with Crippen LogP contribution in [0.2, 0.25) is 0 Å². The highest BCUT2D eigenvalue weighted by Crippen LogP contribution is 2.27. The molecule has 0 fully saturated rings. The van der Waals surface area contributed by atoms with E-state index in [4.69, 9.17) is 15.4 Å². The molecule has 0 radical (unpaired) electrons. The summed E-state index contributed by atoms with van der Waals surface area (Å²) in [6, 6.07) is 4.85. The van der Waals surface area contributed by atoms with E-state index in [1.54, 1.807) is 12.1 Å². The van der Waals surface area contributed by atoms with Crippen molar-refractivity contribution in [1.82, 2.24) is 0 Å². The molecule has 0 heterocycles. The molecule has 14 heavy (non-hydrogen) atoms. The van der Waals surface area contributed by atoms with Crippen LogP contribution in [0.25, 0.3) is 0 Å². The first kappa shape index (κ1) is 11.3. The van der Waals surface area contributed by atoms with Crippen LogP contribution in [0.4, 0.5) is 0 Å². The van der Waals surface area contributed by atoms with Crippen molar-refractivity contribution in [2.24, 2.45) is 0 Å². The van der Waals surface area contributed by atoms with Crippen molar-refractivity contribution in [2.75, 3.05) is 7.11 Å². The van der Waals surface area contributed by atoms with Gasteiger partial charge in [0.1, 0.15) is 10.6 Å². The molecule has 0 atom stereocenters. The Hall–Kier alpha value is -0.740. The SMILES string of the molecule is CCc1ccc(S(=O)(=O)Cl)c(OC)c1. The molecular formula is C9H11ClO3S. The number of hydrogen-bond donors (Lipinski definition) is 0. The van der Waals surface area contributed by atoms with Crippen LogP contribution in [0.1, 0.15) is 12.5 Å². The first-order valence-corrected chi connectivity index (χ1v) is 6.41. The van der Waals surface area contributed by atoms with Crippen LogP contribution in [0.15, 0.2) is 23.1 Å². The molecule has 0 aliphatic carbocycles. The molecule has 0 bridgehead atoms. The van der Waals surface area contributed by atoms with Crippen molar-refractivity contribution in [3.05, 3.63) is 23.8 Å². The lowest BCUT2D eigenvalue weighted by atomic mass is 10.2. The van der Waals surface area contributed by atoms with Gasteiger partial charge in [-0.3, -0.25) is 0 Å². The van der Waals surface area contributed by atoms with Gasteiger partial charge in [0.05, 0.1) is 7.11 Å². The summed E-state index contributed by atoms with van der Waals surface area (Å²) in [6.07, 6.45) is 0.818. The normalized spacial score (nSPS) is 11.4. The highest BCUT2D eigenvalue weighted by Gasteiger charge is 2.16. The summed E-state index contributed by atoms with van der Waals surface area (Å²) in [5.74, 6) is 0.291. The molecule has 0 spiro atoms. The highest BCUT2D eigenvalue weighted by molar-refractivity contribution is 8.13. The maximum Gasteiger partial charge on any atom is 0.264 e. The molecule has 3 nitrogen and oxygen atoms in total. The zero-order chi connectivity index (χ0) is 10.8. The van der Waals surface area contributed by atoms with Crippen LogP contribution < -0.4 is 4.74 Å². The lowest BCUT2D eigenvalue weighted by Crippen LogP contribution is -1.97.